The molecule has 1 unspecified atom stereocenters. The number of hydrogen-bond acceptors (Lipinski definition) is 4. The Labute approximate surface area is 140 Å². The van der Waals surface area contributed by atoms with Crippen LogP contribution < -0.4 is 14.8 Å². The molecule has 0 fully saturated rings. The van der Waals surface area contributed by atoms with Crippen LogP contribution in [0.1, 0.15) is 22.7 Å². The van der Waals surface area contributed by atoms with Crippen molar-refractivity contribution < 1.29 is 17.5 Å². The Kier molecular flexibility index (Phi) is 4.84. The molecule has 0 aromatic heterocycles. The smallest absolute Gasteiger partial charge is 0.213 e. The molecule has 0 radical (unpaired) electrons. The fourth-order valence-electron chi connectivity index (χ4n) is 2.77. The highest BCUT2D eigenvalue weighted by Gasteiger charge is 2.27. The number of ether oxygens (including phenoxy) is 1. The third-order valence-electron chi connectivity index (χ3n) is 4.06. The van der Waals surface area contributed by atoms with E-state index < -0.39 is 10.0 Å². The third-order valence-corrected chi connectivity index (χ3v) is 5.42. The van der Waals surface area contributed by atoms with Crippen molar-refractivity contribution in [3.8, 4) is 5.75 Å². The van der Waals surface area contributed by atoms with E-state index in [0.717, 1.165) is 16.9 Å². The Hall–Kier alpha value is -1.96. The van der Waals surface area contributed by atoms with Crippen LogP contribution in [-0.4, -0.2) is 21.3 Å². The fraction of sp³-hybridized carbons (Fsp3) is 0.294. The molecule has 128 valence electrons. The standard InChI is InChI=1S/C17H19FN2O3S/c1-23-15-6-7-16-13(8-15)10-19-17(16)11-24(21,22)20-9-12-2-4-14(18)5-3-12/h2-8,17,19-20H,9-11H2,1H3. The highest BCUT2D eigenvalue weighted by molar-refractivity contribution is 7.89. The Morgan fingerprint density at radius 3 is 2.71 bits per heavy atom. The predicted octanol–water partition coefficient (Wildman–Crippen LogP) is 2.10. The van der Waals surface area contributed by atoms with Gasteiger partial charge in [-0.05, 0) is 41.0 Å². The minimum absolute atomic E-state index is 0.0481. The van der Waals surface area contributed by atoms with Crippen LogP contribution in [0.5, 0.6) is 5.75 Å². The summed E-state index contributed by atoms with van der Waals surface area (Å²) in [5.74, 6) is 0.366. The van der Waals surface area contributed by atoms with Gasteiger partial charge in [0.2, 0.25) is 10.0 Å². The van der Waals surface area contributed by atoms with Crippen molar-refractivity contribution in [3.63, 3.8) is 0 Å². The SMILES string of the molecule is COc1ccc2c(c1)CNC2CS(=O)(=O)NCc1ccc(F)cc1. The van der Waals surface area contributed by atoms with E-state index >= 15 is 0 Å². The van der Waals surface area contributed by atoms with Crippen LogP contribution in [0.4, 0.5) is 4.39 Å². The number of halogens is 1. The van der Waals surface area contributed by atoms with Gasteiger partial charge >= 0.3 is 0 Å². The van der Waals surface area contributed by atoms with Crippen LogP contribution in [0.2, 0.25) is 0 Å². The van der Waals surface area contributed by atoms with Crippen molar-refractivity contribution >= 4 is 10.0 Å². The zero-order chi connectivity index (χ0) is 17.2. The lowest BCUT2D eigenvalue weighted by atomic mass is 10.1. The molecule has 0 saturated carbocycles. The summed E-state index contributed by atoms with van der Waals surface area (Å²) in [6.45, 7) is 0.759. The van der Waals surface area contributed by atoms with Crippen LogP contribution in [0.3, 0.4) is 0 Å². The molecular weight excluding hydrogens is 331 g/mol. The summed E-state index contributed by atoms with van der Waals surface area (Å²) in [5, 5.41) is 3.21. The first-order valence-electron chi connectivity index (χ1n) is 7.59. The van der Waals surface area contributed by atoms with Crippen molar-refractivity contribution in [2.24, 2.45) is 0 Å². The molecule has 0 spiro atoms. The van der Waals surface area contributed by atoms with Gasteiger partial charge < -0.3 is 10.1 Å². The lowest BCUT2D eigenvalue weighted by Gasteiger charge is -2.14. The van der Waals surface area contributed by atoms with Crippen LogP contribution >= 0.6 is 0 Å². The fourth-order valence-corrected chi connectivity index (χ4v) is 4.01. The molecule has 2 aromatic carbocycles. The summed E-state index contributed by atoms with van der Waals surface area (Å²) in [6.07, 6.45) is 0. The predicted molar refractivity (Wildman–Crippen MR) is 89.6 cm³/mol. The monoisotopic (exact) mass is 350 g/mol. The van der Waals surface area contributed by atoms with Gasteiger partial charge in [-0.2, -0.15) is 0 Å². The van der Waals surface area contributed by atoms with Crippen molar-refractivity contribution in [1.29, 1.82) is 0 Å². The highest BCUT2D eigenvalue weighted by atomic mass is 32.2. The summed E-state index contributed by atoms with van der Waals surface area (Å²) in [6, 6.07) is 11.1. The number of hydrogen-bond donors (Lipinski definition) is 2. The second-order valence-corrected chi connectivity index (χ2v) is 7.58. The van der Waals surface area contributed by atoms with Gasteiger partial charge in [-0.3, -0.25) is 0 Å². The maximum Gasteiger partial charge on any atom is 0.213 e. The number of rotatable bonds is 6. The first kappa shape index (κ1) is 16.9. The Bertz CT molecular complexity index is 822. The van der Waals surface area contributed by atoms with Crippen molar-refractivity contribution in [1.82, 2.24) is 10.0 Å². The van der Waals surface area contributed by atoms with Gasteiger partial charge in [0, 0.05) is 19.1 Å². The molecule has 5 nitrogen and oxygen atoms in total. The maximum absolute atomic E-state index is 12.9. The second kappa shape index (κ2) is 6.88. The third kappa shape index (κ3) is 3.92. The van der Waals surface area contributed by atoms with Gasteiger partial charge in [0.1, 0.15) is 11.6 Å². The molecule has 1 heterocycles. The molecule has 24 heavy (non-hydrogen) atoms. The molecule has 1 aliphatic rings. The topological polar surface area (TPSA) is 67.4 Å². The van der Waals surface area contributed by atoms with E-state index in [1.54, 1.807) is 19.2 Å². The summed E-state index contributed by atoms with van der Waals surface area (Å²) in [5.41, 5.74) is 2.74. The zero-order valence-electron chi connectivity index (χ0n) is 13.3. The number of sulfonamides is 1. The summed E-state index contributed by atoms with van der Waals surface area (Å²) in [7, 11) is -1.87. The summed E-state index contributed by atoms with van der Waals surface area (Å²) < 4.78 is 45.2. The van der Waals surface area contributed by atoms with Gasteiger partial charge in [0.15, 0.2) is 0 Å². The molecule has 0 amide bonds. The van der Waals surface area contributed by atoms with Crippen molar-refractivity contribution in [2.45, 2.75) is 19.1 Å². The van der Waals surface area contributed by atoms with Crippen LogP contribution in [0.25, 0.3) is 0 Å². The number of benzene rings is 2. The molecule has 3 rings (SSSR count). The van der Waals surface area contributed by atoms with Gasteiger partial charge in [0.05, 0.1) is 12.9 Å². The van der Waals surface area contributed by atoms with E-state index in [0.29, 0.717) is 12.1 Å². The first-order valence-corrected chi connectivity index (χ1v) is 9.24. The Balaban J connectivity index is 1.64. The van der Waals surface area contributed by atoms with E-state index in [9.17, 15) is 12.8 Å². The average Bonchev–Trinajstić information content (AvgIpc) is 2.96. The van der Waals surface area contributed by atoms with Crippen LogP contribution in [0.15, 0.2) is 42.5 Å². The normalized spacial score (nSPS) is 16.8. The molecule has 1 atom stereocenters. The lowest BCUT2D eigenvalue weighted by Crippen LogP contribution is -2.31. The summed E-state index contributed by atoms with van der Waals surface area (Å²) in [4.78, 5) is 0. The lowest BCUT2D eigenvalue weighted by molar-refractivity contribution is 0.414. The molecule has 0 aliphatic carbocycles. The number of nitrogens with one attached hydrogen (secondary N) is 2. The Morgan fingerprint density at radius 1 is 1.25 bits per heavy atom. The van der Waals surface area contributed by atoms with E-state index in [-0.39, 0.29) is 24.2 Å². The first-order chi connectivity index (χ1) is 11.5. The minimum atomic E-state index is -3.47. The number of methoxy groups -OCH3 is 1. The van der Waals surface area contributed by atoms with Crippen LogP contribution in [-0.2, 0) is 23.1 Å². The van der Waals surface area contributed by atoms with E-state index in [1.165, 1.54) is 12.1 Å². The van der Waals surface area contributed by atoms with E-state index in [1.807, 2.05) is 18.2 Å². The molecule has 1 aliphatic heterocycles. The highest BCUT2D eigenvalue weighted by Crippen LogP contribution is 2.29. The quantitative estimate of drug-likeness (QED) is 0.837. The van der Waals surface area contributed by atoms with Gasteiger partial charge in [-0.25, -0.2) is 17.5 Å². The van der Waals surface area contributed by atoms with Gasteiger partial charge in [-0.1, -0.05) is 18.2 Å². The van der Waals surface area contributed by atoms with Crippen LogP contribution in [0, 0.1) is 5.82 Å². The number of fused-ring (bicyclic) bond motifs is 1. The minimum Gasteiger partial charge on any atom is -0.497 e. The molecular formula is C17H19FN2O3S. The molecule has 0 bridgehead atoms. The molecule has 2 N–H and O–H groups in total. The average molecular weight is 350 g/mol. The summed E-state index contributed by atoms with van der Waals surface area (Å²) >= 11 is 0. The molecule has 2 aromatic rings. The molecule has 7 heteroatoms. The largest absolute Gasteiger partial charge is 0.497 e. The van der Waals surface area contributed by atoms with Crippen molar-refractivity contribution in [2.75, 3.05) is 12.9 Å². The Morgan fingerprint density at radius 2 is 2.00 bits per heavy atom. The van der Waals surface area contributed by atoms with E-state index in [2.05, 4.69) is 10.0 Å². The van der Waals surface area contributed by atoms with Gasteiger partial charge in [0.25, 0.3) is 0 Å². The van der Waals surface area contributed by atoms with Gasteiger partial charge in [-0.15, -0.1) is 0 Å². The van der Waals surface area contributed by atoms with Crippen molar-refractivity contribution in [3.05, 3.63) is 65.0 Å². The maximum atomic E-state index is 12.9. The molecule has 0 saturated heterocycles. The van der Waals surface area contributed by atoms with E-state index in [4.69, 9.17) is 4.74 Å². The second-order valence-electron chi connectivity index (χ2n) is 5.73. The zero-order valence-corrected chi connectivity index (χ0v) is 14.1.